The zero-order valence-corrected chi connectivity index (χ0v) is 10.9. The number of anilines is 1. The summed E-state index contributed by atoms with van der Waals surface area (Å²) in [5.74, 6) is -0.486. The highest BCUT2D eigenvalue weighted by atomic mass is 32.2. The molecule has 0 saturated heterocycles. The first-order valence-corrected chi connectivity index (χ1v) is 6.96. The maximum atomic E-state index is 12.7. The predicted molar refractivity (Wildman–Crippen MR) is 71.3 cm³/mol. The monoisotopic (exact) mass is 296 g/mol. The fourth-order valence-corrected chi connectivity index (χ4v) is 2.51. The van der Waals surface area contributed by atoms with Crippen molar-refractivity contribution in [3.8, 4) is 0 Å². The van der Waals surface area contributed by atoms with Gasteiger partial charge in [-0.25, -0.2) is 12.8 Å². The van der Waals surface area contributed by atoms with Gasteiger partial charge in [0.2, 0.25) is 0 Å². The molecule has 0 atom stereocenters. The first kappa shape index (κ1) is 14.4. The third kappa shape index (κ3) is 3.32. The highest BCUT2D eigenvalue weighted by Crippen LogP contribution is 2.15. The lowest BCUT2D eigenvalue weighted by atomic mass is 9.82. The Balaban J connectivity index is 2.30. The second-order valence-electron chi connectivity index (χ2n) is 3.94. The minimum atomic E-state index is -3.94. The van der Waals surface area contributed by atoms with Crippen molar-refractivity contribution in [3.63, 3.8) is 0 Å². The number of hydrogen-bond donors (Lipinski definition) is 3. The van der Waals surface area contributed by atoms with Crippen molar-refractivity contribution < 1.29 is 22.9 Å². The highest BCUT2D eigenvalue weighted by molar-refractivity contribution is 7.92. The second kappa shape index (κ2) is 5.57. The molecule has 3 N–H and O–H groups in total. The van der Waals surface area contributed by atoms with Crippen LogP contribution >= 0.6 is 0 Å². The van der Waals surface area contributed by atoms with Crippen LogP contribution in [0.2, 0.25) is 0 Å². The molecule has 1 aromatic carbocycles. The minimum absolute atomic E-state index is 0.0491. The van der Waals surface area contributed by atoms with Crippen molar-refractivity contribution in [2.24, 2.45) is 0 Å². The molecule has 0 amide bonds. The van der Waals surface area contributed by atoms with Gasteiger partial charge < -0.3 is 10.0 Å². The van der Waals surface area contributed by atoms with E-state index in [0.29, 0.717) is 0 Å². The van der Waals surface area contributed by atoms with E-state index in [1.807, 2.05) is 0 Å². The normalized spacial score (nSPS) is 11.2. The Labute approximate surface area is 115 Å². The maximum absolute atomic E-state index is 12.7. The lowest BCUT2D eigenvalue weighted by Gasteiger charge is -2.08. The van der Waals surface area contributed by atoms with Gasteiger partial charge in [0.15, 0.2) is 0 Å². The Morgan fingerprint density at radius 1 is 1.15 bits per heavy atom. The number of nitrogens with zero attached hydrogens (tertiary/aromatic N) is 1. The average Bonchev–Trinajstić information content (AvgIpc) is 2.41. The Morgan fingerprint density at radius 2 is 1.80 bits per heavy atom. The predicted octanol–water partition coefficient (Wildman–Crippen LogP) is -0.299. The molecule has 0 radical (unpaired) electrons. The molecule has 104 valence electrons. The number of rotatable bonds is 4. The molecule has 0 aliphatic heterocycles. The standard InChI is InChI=1S/C11H10BFN2O4S/c13-9-1-3-10(4-2-9)15-20(18,19)11-5-8(12(16)17)6-14-7-11/h1-7,15-17H. The van der Waals surface area contributed by atoms with Gasteiger partial charge in [-0.3, -0.25) is 9.71 Å². The molecule has 0 unspecified atom stereocenters. The maximum Gasteiger partial charge on any atom is 0.490 e. The van der Waals surface area contributed by atoms with Gasteiger partial charge >= 0.3 is 7.12 Å². The number of nitrogens with one attached hydrogen (secondary N) is 1. The Hall–Kier alpha value is -1.97. The number of aromatic nitrogens is 1. The van der Waals surface area contributed by atoms with Crippen LogP contribution in [0.4, 0.5) is 10.1 Å². The number of benzene rings is 1. The summed E-state index contributed by atoms with van der Waals surface area (Å²) in [4.78, 5) is 3.40. The molecular weight excluding hydrogens is 286 g/mol. The van der Waals surface area contributed by atoms with Crippen LogP contribution in [-0.2, 0) is 10.0 Å². The summed E-state index contributed by atoms with van der Waals surface area (Å²) >= 11 is 0. The third-order valence-corrected chi connectivity index (χ3v) is 3.79. The smallest absolute Gasteiger partial charge is 0.423 e. The Bertz CT molecular complexity index is 707. The third-order valence-electron chi connectivity index (χ3n) is 2.44. The summed E-state index contributed by atoms with van der Waals surface area (Å²) in [5.41, 5.74) is 0.133. The molecule has 1 aromatic heterocycles. The number of hydrogen-bond acceptors (Lipinski definition) is 5. The van der Waals surface area contributed by atoms with E-state index in [-0.39, 0.29) is 16.0 Å². The van der Waals surface area contributed by atoms with E-state index in [1.54, 1.807) is 0 Å². The van der Waals surface area contributed by atoms with Gasteiger partial charge in [0.1, 0.15) is 10.7 Å². The van der Waals surface area contributed by atoms with E-state index < -0.39 is 23.0 Å². The summed E-state index contributed by atoms with van der Waals surface area (Å²) in [6.07, 6.45) is 2.21. The van der Waals surface area contributed by atoms with Crippen molar-refractivity contribution >= 4 is 28.3 Å². The van der Waals surface area contributed by atoms with Gasteiger partial charge in [-0.1, -0.05) is 0 Å². The van der Waals surface area contributed by atoms with E-state index in [2.05, 4.69) is 9.71 Å². The zero-order chi connectivity index (χ0) is 14.8. The van der Waals surface area contributed by atoms with Crippen molar-refractivity contribution in [2.75, 3.05) is 4.72 Å². The van der Waals surface area contributed by atoms with Crippen LogP contribution in [0.5, 0.6) is 0 Å². The molecule has 0 aliphatic rings. The Kier molecular flexibility index (Phi) is 4.02. The molecule has 0 saturated carbocycles. The molecule has 0 fully saturated rings. The summed E-state index contributed by atoms with van der Waals surface area (Å²) in [5, 5.41) is 18.0. The van der Waals surface area contributed by atoms with Crippen LogP contribution in [0.15, 0.2) is 47.6 Å². The summed E-state index contributed by atoms with van der Waals surface area (Å²) in [6.45, 7) is 0. The zero-order valence-electron chi connectivity index (χ0n) is 10.1. The van der Waals surface area contributed by atoms with Gasteiger partial charge in [-0.05, 0) is 30.3 Å². The average molecular weight is 296 g/mol. The number of pyridine rings is 1. The fraction of sp³-hybridized carbons (Fsp3) is 0. The second-order valence-corrected chi connectivity index (χ2v) is 5.62. The van der Waals surface area contributed by atoms with Crippen LogP contribution in [0.1, 0.15) is 0 Å². The summed E-state index contributed by atoms with van der Waals surface area (Å²) < 4.78 is 39.1. The van der Waals surface area contributed by atoms with E-state index in [1.165, 1.54) is 12.1 Å². The van der Waals surface area contributed by atoms with Gasteiger partial charge in [-0.2, -0.15) is 0 Å². The number of halogens is 1. The van der Waals surface area contributed by atoms with Crippen LogP contribution in [-0.4, -0.2) is 30.6 Å². The first-order chi connectivity index (χ1) is 9.38. The van der Waals surface area contributed by atoms with Crippen molar-refractivity contribution in [3.05, 3.63) is 48.5 Å². The van der Waals surface area contributed by atoms with Gasteiger partial charge in [-0.15, -0.1) is 0 Å². The summed E-state index contributed by atoms with van der Waals surface area (Å²) in [6, 6.07) is 5.85. The van der Waals surface area contributed by atoms with Crippen LogP contribution in [0.25, 0.3) is 0 Å². The highest BCUT2D eigenvalue weighted by Gasteiger charge is 2.19. The summed E-state index contributed by atoms with van der Waals surface area (Å²) in [7, 11) is -5.76. The molecular formula is C11H10BFN2O4S. The molecule has 2 aromatic rings. The van der Waals surface area contributed by atoms with Crippen molar-refractivity contribution in [1.82, 2.24) is 4.98 Å². The Morgan fingerprint density at radius 3 is 2.40 bits per heavy atom. The molecule has 0 aliphatic carbocycles. The van der Waals surface area contributed by atoms with Gasteiger partial charge in [0, 0.05) is 23.5 Å². The molecule has 20 heavy (non-hydrogen) atoms. The first-order valence-electron chi connectivity index (χ1n) is 5.48. The van der Waals surface area contributed by atoms with Gasteiger partial charge in [0.25, 0.3) is 10.0 Å². The lowest BCUT2D eigenvalue weighted by Crippen LogP contribution is -2.31. The molecule has 9 heteroatoms. The van der Waals surface area contributed by atoms with Crippen LogP contribution < -0.4 is 10.2 Å². The lowest BCUT2D eigenvalue weighted by molar-refractivity contribution is 0.425. The number of sulfonamides is 1. The molecule has 2 rings (SSSR count). The van der Waals surface area contributed by atoms with Crippen molar-refractivity contribution in [2.45, 2.75) is 4.90 Å². The fourth-order valence-electron chi connectivity index (χ4n) is 1.46. The quantitative estimate of drug-likeness (QED) is 0.673. The van der Waals surface area contributed by atoms with E-state index >= 15 is 0 Å². The minimum Gasteiger partial charge on any atom is -0.423 e. The molecule has 0 bridgehead atoms. The SMILES string of the molecule is O=S(=O)(Nc1ccc(F)cc1)c1cncc(B(O)O)c1. The largest absolute Gasteiger partial charge is 0.490 e. The van der Waals surface area contributed by atoms with Gasteiger partial charge in [0.05, 0.1) is 0 Å². The van der Waals surface area contributed by atoms with E-state index in [0.717, 1.165) is 30.6 Å². The van der Waals surface area contributed by atoms with E-state index in [4.69, 9.17) is 10.0 Å². The van der Waals surface area contributed by atoms with E-state index in [9.17, 15) is 12.8 Å². The molecule has 1 heterocycles. The van der Waals surface area contributed by atoms with Crippen LogP contribution in [0.3, 0.4) is 0 Å². The molecule has 6 nitrogen and oxygen atoms in total. The van der Waals surface area contributed by atoms with Crippen molar-refractivity contribution in [1.29, 1.82) is 0 Å². The topological polar surface area (TPSA) is 99.5 Å². The molecule has 0 spiro atoms. The van der Waals surface area contributed by atoms with Crippen LogP contribution in [0, 0.1) is 5.82 Å².